The maximum atomic E-state index is 12.8. The topological polar surface area (TPSA) is 64.6 Å². The lowest BCUT2D eigenvalue weighted by molar-refractivity contribution is -0.139. The summed E-state index contributed by atoms with van der Waals surface area (Å²) >= 11 is 5.10. The van der Waals surface area contributed by atoms with Crippen molar-refractivity contribution in [1.82, 2.24) is 5.32 Å². The molecule has 1 N–H and O–H groups in total. The van der Waals surface area contributed by atoms with Crippen molar-refractivity contribution < 1.29 is 19.1 Å². The summed E-state index contributed by atoms with van der Waals surface area (Å²) in [4.78, 5) is 25.7. The summed E-state index contributed by atoms with van der Waals surface area (Å²) in [5, 5.41) is 6.16. The van der Waals surface area contributed by atoms with Gasteiger partial charge in [0, 0.05) is 20.6 Å². The number of thiophene rings is 1. The van der Waals surface area contributed by atoms with Crippen LogP contribution in [-0.4, -0.2) is 25.2 Å². The van der Waals surface area contributed by atoms with Gasteiger partial charge in [0.15, 0.2) is 0 Å². The number of nitrogens with one attached hydrogen (secondary N) is 1. The summed E-state index contributed by atoms with van der Waals surface area (Å²) in [6.45, 7) is 7.71. The van der Waals surface area contributed by atoms with E-state index in [4.69, 9.17) is 9.47 Å². The molecule has 0 bridgehead atoms. The number of benzene rings is 1. The van der Waals surface area contributed by atoms with Crippen molar-refractivity contribution in [3.8, 4) is 0 Å². The van der Waals surface area contributed by atoms with Crippen molar-refractivity contribution in [3.63, 3.8) is 0 Å². The van der Waals surface area contributed by atoms with Crippen LogP contribution in [0.25, 0.3) is 10.1 Å². The zero-order chi connectivity index (χ0) is 20.4. The predicted molar refractivity (Wildman–Crippen MR) is 114 cm³/mol. The third-order valence-corrected chi connectivity index (χ3v) is 6.10. The van der Waals surface area contributed by atoms with Gasteiger partial charge in [-0.15, -0.1) is 11.3 Å². The lowest BCUT2D eigenvalue weighted by atomic mass is 9.80. The Hall–Kier alpha value is -2.12. The summed E-state index contributed by atoms with van der Waals surface area (Å²) in [6.07, 6.45) is 0. The highest BCUT2D eigenvalue weighted by Gasteiger charge is 2.39. The maximum Gasteiger partial charge on any atom is 0.336 e. The van der Waals surface area contributed by atoms with Gasteiger partial charge in [0.1, 0.15) is 0 Å². The molecule has 1 aromatic heterocycles. The molecule has 3 rings (SSSR count). The van der Waals surface area contributed by atoms with Crippen molar-refractivity contribution in [2.24, 2.45) is 0 Å². The molecular formula is C21H22BrNO4S. The molecule has 0 saturated heterocycles. The number of hydrogen-bond donors (Lipinski definition) is 1. The highest BCUT2D eigenvalue weighted by Crippen LogP contribution is 2.44. The standard InChI is InChI=1S/C21H22BrNO4S/c1-5-26-20(24)17-11(3)23-12(4)18(21(25)27-6-2)19(17)15-10-28-16-8-7-13(22)9-14(15)16/h7-10,19,23H,5-6H2,1-4H3. The minimum atomic E-state index is -0.553. The Labute approximate surface area is 176 Å². The fourth-order valence-electron chi connectivity index (χ4n) is 3.51. The highest BCUT2D eigenvalue weighted by atomic mass is 79.9. The second-order valence-electron chi connectivity index (χ2n) is 6.41. The molecule has 0 fully saturated rings. The quantitative estimate of drug-likeness (QED) is 0.630. The zero-order valence-corrected chi connectivity index (χ0v) is 18.6. The predicted octanol–water partition coefficient (Wildman–Crippen LogP) is 5.02. The SMILES string of the molecule is CCOC(=O)C1=C(C)NC(C)=C(C(=O)OCC)C1c1csc2ccc(Br)cc12. The third-order valence-electron chi connectivity index (χ3n) is 4.63. The maximum absolute atomic E-state index is 12.8. The molecule has 0 atom stereocenters. The van der Waals surface area contributed by atoms with Crippen molar-refractivity contribution in [3.05, 3.63) is 56.2 Å². The van der Waals surface area contributed by atoms with Gasteiger partial charge in [0.2, 0.25) is 0 Å². The molecule has 1 aliphatic rings. The van der Waals surface area contributed by atoms with Gasteiger partial charge >= 0.3 is 11.9 Å². The van der Waals surface area contributed by atoms with E-state index in [1.807, 2.05) is 37.4 Å². The van der Waals surface area contributed by atoms with Crippen LogP contribution >= 0.6 is 27.3 Å². The summed E-state index contributed by atoms with van der Waals surface area (Å²) < 4.78 is 12.7. The van der Waals surface area contributed by atoms with Gasteiger partial charge in [0.25, 0.3) is 0 Å². The Morgan fingerprint density at radius 3 is 2.18 bits per heavy atom. The molecule has 7 heteroatoms. The number of fused-ring (bicyclic) bond motifs is 1. The van der Waals surface area contributed by atoms with Gasteiger partial charge in [-0.3, -0.25) is 0 Å². The molecular weight excluding hydrogens is 442 g/mol. The largest absolute Gasteiger partial charge is 0.463 e. The van der Waals surface area contributed by atoms with Crippen LogP contribution < -0.4 is 5.32 Å². The lowest BCUT2D eigenvalue weighted by Crippen LogP contribution is -2.32. The molecule has 1 aromatic carbocycles. The molecule has 5 nitrogen and oxygen atoms in total. The number of allylic oxidation sites excluding steroid dienone is 2. The smallest absolute Gasteiger partial charge is 0.336 e. The first-order valence-electron chi connectivity index (χ1n) is 9.08. The van der Waals surface area contributed by atoms with Crippen molar-refractivity contribution in [2.75, 3.05) is 13.2 Å². The first-order valence-corrected chi connectivity index (χ1v) is 10.8. The molecule has 0 unspecified atom stereocenters. The molecule has 2 aromatic rings. The van der Waals surface area contributed by atoms with E-state index in [0.717, 1.165) is 20.1 Å². The Morgan fingerprint density at radius 1 is 1.07 bits per heavy atom. The van der Waals surface area contributed by atoms with Gasteiger partial charge in [-0.05, 0) is 62.2 Å². The number of ether oxygens (including phenoxy) is 2. The molecule has 0 aliphatic carbocycles. The Balaban J connectivity index is 2.26. The van der Waals surface area contributed by atoms with Crippen LogP contribution in [0.3, 0.4) is 0 Å². The monoisotopic (exact) mass is 463 g/mol. The van der Waals surface area contributed by atoms with Crippen molar-refractivity contribution in [1.29, 1.82) is 0 Å². The molecule has 2 heterocycles. The second-order valence-corrected chi connectivity index (χ2v) is 8.23. The van der Waals surface area contributed by atoms with E-state index >= 15 is 0 Å². The fourth-order valence-corrected chi connectivity index (χ4v) is 4.84. The number of halogens is 1. The van der Waals surface area contributed by atoms with E-state index in [1.54, 1.807) is 25.2 Å². The van der Waals surface area contributed by atoms with Gasteiger partial charge in [-0.1, -0.05) is 15.9 Å². The van der Waals surface area contributed by atoms with Crippen molar-refractivity contribution in [2.45, 2.75) is 33.6 Å². The molecule has 148 valence electrons. The molecule has 1 aliphatic heterocycles. The number of dihydropyridines is 1. The number of carbonyl (C=O) groups excluding carboxylic acids is 2. The molecule has 28 heavy (non-hydrogen) atoms. The van der Waals surface area contributed by atoms with E-state index in [0.29, 0.717) is 22.5 Å². The van der Waals surface area contributed by atoms with Crippen LogP contribution in [0.4, 0.5) is 0 Å². The zero-order valence-electron chi connectivity index (χ0n) is 16.2. The van der Waals surface area contributed by atoms with Crippen LogP contribution in [0.5, 0.6) is 0 Å². The molecule has 0 saturated carbocycles. The van der Waals surface area contributed by atoms with Gasteiger partial charge in [0.05, 0.1) is 30.3 Å². The molecule has 0 spiro atoms. The highest BCUT2D eigenvalue weighted by molar-refractivity contribution is 9.10. The van der Waals surface area contributed by atoms with E-state index in [9.17, 15) is 9.59 Å². The second kappa shape index (κ2) is 8.49. The summed E-state index contributed by atoms with van der Waals surface area (Å²) in [5.41, 5.74) is 3.14. The number of rotatable bonds is 5. The average molecular weight is 464 g/mol. The first kappa shape index (κ1) is 20.6. The lowest BCUT2D eigenvalue weighted by Gasteiger charge is -2.30. The van der Waals surface area contributed by atoms with Gasteiger partial charge < -0.3 is 14.8 Å². The Morgan fingerprint density at radius 2 is 1.64 bits per heavy atom. The van der Waals surface area contributed by atoms with Gasteiger partial charge in [-0.25, -0.2) is 9.59 Å². The summed E-state index contributed by atoms with van der Waals surface area (Å²) in [7, 11) is 0. The van der Waals surface area contributed by atoms with E-state index < -0.39 is 17.9 Å². The minimum Gasteiger partial charge on any atom is -0.463 e. The number of carbonyl (C=O) groups is 2. The molecule has 0 radical (unpaired) electrons. The number of esters is 2. The first-order chi connectivity index (χ1) is 13.4. The third kappa shape index (κ3) is 3.73. The normalized spacial score (nSPS) is 15.0. The summed E-state index contributed by atoms with van der Waals surface area (Å²) in [6, 6.07) is 6.01. The molecule has 0 amide bonds. The van der Waals surface area contributed by atoms with E-state index in [-0.39, 0.29) is 13.2 Å². The van der Waals surface area contributed by atoms with Crippen molar-refractivity contribution >= 4 is 49.3 Å². The minimum absolute atomic E-state index is 0.260. The van der Waals surface area contributed by atoms with Crippen LogP contribution in [0.15, 0.2) is 50.6 Å². The van der Waals surface area contributed by atoms with Crippen LogP contribution in [0, 0.1) is 0 Å². The van der Waals surface area contributed by atoms with Gasteiger partial charge in [-0.2, -0.15) is 0 Å². The average Bonchev–Trinajstić information content (AvgIpc) is 3.03. The van der Waals surface area contributed by atoms with E-state index in [2.05, 4.69) is 21.2 Å². The fraction of sp³-hybridized carbons (Fsp3) is 0.333. The Bertz CT molecular complexity index is 965. The van der Waals surface area contributed by atoms with Crippen LogP contribution in [0.2, 0.25) is 0 Å². The van der Waals surface area contributed by atoms with Crippen LogP contribution in [0.1, 0.15) is 39.2 Å². The Kier molecular flexibility index (Phi) is 6.25. The summed E-state index contributed by atoms with van der Waals surface area (Å²) in [5.74, 6) is -1.41. The number of hydrogen-bond acceptors (Lipinski definition) is 6. The van der Waals surface area contributed by atoms with E-state index in [1.165, 1.54) is 0 Å². The van der Waals surface area contributed by atoms with Crippen LogP contribution in [-0.2, 0) is 19.1 Å².